The van der Waals surface area contributed by atoms with Gasteiger partial charge in [0.05, 0.1) is 5.92 Å². The molecule has 6 heteroatoms. The van der Waals surface area contributed by atoms with Gasteiger partial charge in [0, 0.05) is 12.2 Å². The highest BCUT2D eigenvalue weighted by atomic mass is 16.7. The van der Waals surface area contributed by atoms with Crippen molar-refractivity contribution in [2.75, 3.05) is 12.1 Å². The Morgan fingerprint density at radius 3 is 2.54 bits per heavy atom. The van der Waals surface area contributed by atoms with Crippen LogP contribution < -0.4 is 20.3 Å². The Kier molecular flexibility index (Phi) is 5.12. The summed E-state index contributed by atoms with van der Waals surface area (Å²) in [6, 6.07) is 22.8. The fraction of sp³-hybridized carbons (Fsp3) is 0.136. The van der Waals surface area contributed by atoms with E-state index in [1.165, 1.54) is 0 Å². The number of hydrogen-bond acceptors (Lipinski definition) is 5. The first kappa shape index (κ1) is 17.9. The van der Waals surface area contributed by atoms with Gasteiger partial charge in [-0.1, -0.05) is 48.5 Å². The number of anilines is 1. The smallest absolute Gasteiger partial charge is 0.255 e. The second kappa shape index (κ2) is 8.02. The van der Waals surface area contributed by atoms with E-state index in [-0.39, 0.29) is 6.79 Å². The molecular formula is C22H20N2O4. The van der Waals surface area contributed by atoms with Crippen molar-refractivity contribution in [1.82, 2.24) is 5.48 Å². The van der Waals surface area contributed by atoms with Crippen molar-refractivity contribution in [2.45, 2.75) is 12.5 Å². The molecular weight excluding hydrogens is 356 g/mol. The first-order valence-corrected chi connectivity index (χ1v) is 8.96. The van der Waals surface area contributed by atoms with Crippen LogP contribution in [0.1, 0.15) is 22.6 Å². The molecule has 1 atom stereocenters. The molecule has 0 saturated heterocycles. The summed E-state index contributed by atoms with van der Waals surface area (Å²) in [6.07, 6.45) is 0. The van der Waals surface area contributed by atoms with E-state index in [0.29, 0.717) is 6.54 Å². The normalized spacial score (nSPS) is 13.0. The molecule has 3 aromatic rings. The van der Waals surface area contributed by atoms with Crippen molar-refractivity contribution in [3.63, 3.8) is 0 Å². The molecule has 0 spiro atoms. The van der Waals surface area contributed by atoms with Gasteiger partial charge in [0.25, 0.3) is 5.91 Å². The summed E-state index contributed by atoms with van der Waals surface area (Å²) in [4.78, 5) is 12.3. The number of hydroxylamine groups is 1. The minimum atomic E-state index is -0.599. The van der Waals surface area contributed by atoms with E-state index in [9.17, 15) is 10.0 Å². The van der Waals surface area contributed by atoms with Crippen LogP contribution in [0.4, 0.5) is 5.69 Å². The maximum atomic E-state index is 12.3. The SMILES string of the molecule is O=C(NO)C(c1ccccc1)c1cccc(NCc2ccc3c(c2)OCO3)c1. The highest BCUT2D eigenvalue weighted by Gasteiger charge is 2.22. The van der Waals surface area contributed by atoms with Crippen molar-refractivity contribution >= 4 is 11.6 Å². The largest absolute Gasteiger partial charge is 0.454 e. The van der Waals surface area contributed by atoms with Crippen LogP contribution in [0, 0.1) is 0 Å². The van der Waals surface area contributed by atoms with E-state index >= 15 is 0 Å². The van der Waals surface area contributed by atoms with Crippen LogP contribution in [-0.2, 0) is 11.3 Å². The molecule has 0 saturated carbocycles. The van der Waals surface area contributed by atoms with Crippen molar-refractivity contribution in [2.24, 2.45) is 0 Å². The molecule has 1 heterocycles. The van der Waals surface area contributed by atoms with Crippen molar-refractivity contribution in [3.8, 4) is 11.5 Å². The summed E-state index contributed by atoms with van der Waals surface area (Å²) in [7, 11) is 0. The second-order valence-corrected chi connectivity index (χ2v) is 6.49. The number of carbonyl (C=O) groups excluding carboxylic acids is 1. The summed E-state index contributed by atoms with van der Waals surface area (Å²) in [5.74, 6) is 0.431. The molecule has 0 fully saturated rings. The molecule has 1 aliphatic heterocycles. The molecule has 3 N–H and O–H groups in total. The van der Waals surface area contributed by atoms with Gasteiger partial charge < -0.3 is 14.8 Å². The number of fused-ring (bicyclic) bond motifs is 1. The van der Waals surface area contributed by atoms with Gasteiger partial charge >= 0.3 is 0 Å². The molecule has 28 heavy (non-hydrogen) atoms. The first-order chi connectivity index (χ1) is 13.7. The quantitative estimate of drug-likeness (QED) is 0.452. The molecule has 0 bridgehead atoms. The Balaban J connectivity index is 1.54. The molecule has 3 aromatic carbocycles. The lowest BCUT2D eigenvalue weighted by molar-refractivity contribution is -0.129. The van der Waals surface area contributed by atoms with Gasteiger partial charge in [-0.05, 0) is 41.0 Å². The number of ether oxygens (including phenoxy) is 2. The standard InChI is InChI=1S/C22H20N2O4/c25-22(24-26)21(16-5-2-1-3-6-16)17-7-4-8-18(12-17)23-13-15-9-10-19-20(11-15)28-14-27-19/h1-12,21,23,26H,13-14H2,(H,24,25). The van der Waals surface area contributed by atoms with Crippen LogP contribution in [0.2, 0.25) is 0 Å². The van der Waals surface area contributed by atoms with E-state index in [1.54, 1.807) is 5.48 Å². The third-order valence-electron chi connectivity index (χ3n) is 4.66. The summed E-state index contributed by atoms with van der Waals surface area (Å²) >= 11 is 0. The number of rotatable bonds is 6. The Morgan fingerprint density at radius 1 is 0.929 bits per heavy atom. The predicted molar refractivity (Wildman–Crippen MR) is 105 cm³/mol. The lowest BCUT2D eigenvalue weighted by Crippen LogP contribution is -2.27. The number of carbonyl (C=O) groups is 1. The number of nitrogens with one attached hydrogen (secondary N) is 2. The Bertz CT molecular complexity index is 975. The first-order valence-electron chi connectivity index (χ1n) is 8.96. The van der Waals surface area contributed by atoms with Crippen LogP contribution in [0.15, 0.2) is 72.8 Å². The van der Waals surface area contributed by atoms with Gasteiger partial charge in [0.1, 0.15) is 0 Å². The molecule has 0 aliphatic carbocycles. The predicted octanol–water partition coefficient (Wildman–Crippen LogP) is 3.66. The van der Waals surface area contributed by atoms with E-state index in [1.807, 2.05) is 72.8 Å². The lowest BCUT2D eigenvalue weighted by atomic mass is 9.90. The van der Waals surface area contributed by atoms with Crippen molar-refractivity contribution < 1.29 is 19.5 Å². The number of amides is 1. The third-order valence-corrected chi connectivity index (χ3v) is 4.66. The van der Waals surface area contributed by atoms with Gasteiger partial charge in [0.2, 0.25) is 6.79 Å². The zero-order valence-electron chi connectivity index (χ0n) is 15.1. The van der Waals surface area contributed by atoms with Gasteiger partial charge in [-0.15, -0.1) is 0 Å². The molecule has 0 aromatic heterocycles. The zero-order valence-corrected chi connectivity index (χ0v) is 15.1. The van der Waals surface area contributed by atoms with E-state index in [2.05, 4.69) is 5.32 Å². The van der Waals surface area contributed by atoms with Gasteiger partial charge in [-0.3, -0.25) is 10.0 Å². The van der Waals surface area contributed by atoms with Crippen molar-refractivity contribution in [1.29, 1.82) is 0 Å². The average molecular weight is 376 g/mol. The zero-order chi connectivity index (χ0) is 19.3. The lowest BCUT2D eigenvalue weighted by Gasteiger charge is -2.17. The summed E-state index contributed by atoms with van der Waals surface area (Å²) < 4.78 is 10.7. The molecule has 142 valence electrons. The topological polar surface area (TPSA) is 79.8 Å². The van der Waals surface area contributed by atoms with E-state index in [4.69, 9.17) is 9.47 Å². The Labute approximate surface area is 162 Å². The summed E-state index contributed by atoms with van der Waals surface area (Å²) in [6.45, 7) is 0.852. The Hall–Kier alpha value is -3.51. The third kappa shape index (κ3) is 3.77. The molecule has 1 amide bonds. The van der Waals surface area contributed by atoms with Gasteiger partial charge in [-0.2, -0.15) is 0 Å². The van der Waals surface area contributed by atoms with Crippen LogP contribution >= 0.6 is 0 Å². The molecule has 0 radical (unpaired) electrons. The molecule has 1 unspecified atom stereocenters. The maximum absolute atomic E-state index is 12.3. The van der Waals surface area contributed by atoms with Gasteiger partial charge in [-0.25, -0.2) is 5.48 Å². The molecule has 4 rings (SSSR count). The summed E-state index contributed by atoms with van der Waals surface area (Å²) in [5.41, 5.74) is 5.31. The van der Waals surface area contributed by atoms with Crippen LogP contribution in [-0.4, -0.2) is 17.9 Å². The molecule has 1 aliphatic rings. The van der Waals surface area contributed by atoms with E-state index in [0.717, 1.165) is 33.9 Å². The van der Waals surface area contributed by atoms with Crippen LogP contribution in [0.3, 0.4) is 0 Å². The maximum Gasteiger partial charge on any atom is 0.255 e. The minimum Gasteiger partial charge on any atom is -0.454 e. The monoisotopic (exact) mass is 376 g/mol. The number of benzene rings is 3. The Morgan fingerprint density at radius 2 is 1.71 bits per heavy atom. The second-order valence-electron chi connectivity index (χ2n) is 6.49. The van der Waals surface area contributed by atoms with Crippen LogP contribution in [0.25, 0.3) is 0 Å². The van der Waals surface area contributed by atoms with Crippen LogP contribution in [0.5, 0.6) is 11.5 Å². The molecule has 6 nitrogen and oxygen atoms in total. The van der Waals surface area contributed by atoms with E-state index < -0.39 is 11.8 Å². The minimum absolute atomic E-state index is 0.252. The van der Waals surface area contributed by atoms with Gasteiger partial charge in [0.15, 0.2) is 11.5 Å². The highest BCUT2D eigenvalue weighted by Crippen LogP contribution is 2.33. The highest BCUT2D eigenvalue weighted by molar-refractivity contribution is 5.86. The fourth-order valence-electron chi connectivity index (χ4n) is 3.29. The average Bonchev–Trinajstić information content (AvgIpc) is 3.21. The number of hydrogen-bond donors (Lipinski definition) is 3. The van der Waals surface area contributed by atoms with Crippen molar-refractivity contribution in [3.05, 3.63) is 89.5 Å². The summed E-state index contributed by atoms with van der Waals surface area (Å²) in [5, 5.41) is 12.6. The fourth-order valence-corrected chi connectivity index (χ4v) is 3.29.